The molecule has 4 aliphatic rings. The summed E-state index contributed by atoms with van der Waals surface area (Å²) in [5.74, 6) is 1.57. The maximum Gasteiger partial charge on any atom is 0.258 e. The Hall–Kier alpha value is -3.45. The number of aliphatic imine (C=N–C) groups is 1. The number of likely N-dealkylation sites (tertiary alicyclic amines) is 1. The average molecular weight is 470 g/mol. The summed E-state index contributed by atoms with van der Waals surface area (Å²) in [5, 5.41) is 1.07. The zero-order valence-electron chi connectivity index (χ0n) is 19.5. The first-order chi connectivity index (χ1) is 17.1. The van der Waals surface area contributed by atoms with Gasteiger partial charge in [-0.1, -0.05) is 30.3 Å². The summed E-state index contributed by atoms with van der Waals surface area (Å²) in [6, 6.07) is 16.4. The molecular weight excluding hydrogens is 442 g/mol. The number of carbonyl (C=O) groups is 2. The molecule has 3 aliphatic heterocycles. The van der Waals surface area contributed by atoms with Crippen molar-refractivity contribution in [1.82, 2.24) is 9.80 Å². The molecular formula is C28H27N3O4. The molecule has 1 spiro atoms. The monoisotopic (exact) mass is 469 g/mol. The van der Waals surface area contributed by atoms with E-state index in [9.17, 15) is 9.59 Å². The zero-order valence-corrected chi connectivity index (χ0v) is 19.5. The first kappa shape index (κ1) is 20.9. The summed E-state index contributed by atoms with van der Waals surface area (Å²) in [4.78, 5) is 34.6. The van der Waals surface area contributed by atoms with Gasteiger partial charge < -0.3 is 14.1 Å². The second-order valence-electron chi connectivity index (χ2n) is 10.3. The van der Waals surface area contributed by atoms with Crippen molar-refractivity contribution >= 4 is 28.6 Å². The largest absolute Gasteiger partial charge is 0.464 e. The van der Waals surface area contributed by atoms with Crippen LogP contribution in [0.25, 0.3) is 22.1 Å². The Morgan fingerprint density at radius 2 is 1.80 bits per heavy atom. The molecule has 1 unspecified atom stereocenters. The van der Waals surface area contributed by atoms with Crippen LogP contribution in [0.15, 0.2) is 64.2 Å². The van der Waals surface area contributed by atoms with Crippen molar-refractivity contribution in [3.05, 3.63) is 60.4 Å². The highest BCUT2D eigenvalue weighted by molar-refractivity contribution is 6.15. The lowest BCUT2D eigenvalue weighted by Gasteiger charge is -2.41. The molecule has 1 saturated carbocycles. The lowest BCUT2D eigenvalue weighted by Crippen LogP contribution is -2.56. The SMILES string of the molecule is O=C(C1CC1)N1CC(CN2C(=O)C3(CCOC3)N=C2c2ccc(-c3ccc4occc4c3)cc2)C1. The van der Waals surface area contributed by atoms with Gasteiger partial charge >= 0.3 is 0 Å². The molecule has 2 amide bonds. The predicted molar refractivity (Wildman–Crippen MR) is 131 cm³/mol. The fourth-order valence-corrected chi connectivity index (χ4v) is 5.53. The van der Waals surface area contributed by atoms with Crippen molar-refractivity contribution in [2.75, 3.05) is 32.8 Å². The number of furan rings is 1. The number of hydrogen-bond donors (Lipinski definition) is 0. The van der Waals surface area contributed by atoms with E-state index >= 15 is 0 Å². The van der Waals surface area contributed by atoms with Crippen LogP contribution >= 0.6 is 0 Å². The van der Waals surface area contributed by atoms with Crippen molar-refractivity contribution < 1.29 is 18.7 Å². The van der Waals surface area contributed by atoms with E-state index in [-0.39, 0.29) is 23.7 Å². The highest BCUT2D eigenvalue weighted by Gasteiger charge is 2.52. The number of rotatable bonds is 5. The molecule has 2 saturated heterocycles. The van der Waals surface area contributed by atoms with Crippen molar-refractivity contribution in [1.29, 1.82) is 0 Å². The number of benzene rings is 2. The Labute approximate surface area is 203 Å². The first-order valence-electron chi connectivity index (χ1n) is 12.5. The molecule has 7 nitrogen and oxygen atoms in total. The smallest absolute Gasteiger partial charge is 0.258 e. The van der Waals surface area contributed by atoms with Crippen LogP contribution in [-0.2, 0) is 14.3 Å². The summed E-state index contributed by atoms with van der Waals surface area (Å²) in [5.41, 5.74) is 3.22. The second kappa shape index (κ2) is 7.78. The van der Waals surface area contributed by atoms with Crippen LogP contribution < -0.4 is 0 Å². The topological polar surface area (TPSA) is 75.4 Å². The van der Waals surface area contributed by atoms with Crippen molar-refractivity contribution in [3.8, 4) is 11.1 Å². The Morgan fingerprint density at radius 3 is 2.54 bits per heavy atom. The summed E-state index contributed by atoms with van der Waals surface area (Å²) >= 11 is 0. The third kappa shape index (κ3) is 3.48. The van der Waals surface area contributed by atoms with Gasteiger partial charge in [-0.3, -0.25) is 14.5 Å². The van der Waals surface area contributed by atoms with E-state index in [0.717, 1.165) is 59.4 Å². The Bertz CT molecular complexity index is 1340. The van der Waals surface area contributed by atoms with Crippen LogP contribution in [0, 0.1) is 11.8 Å². The molecule has 2 aromatic carbocycles. The molecule has 1 aliphatic carbocycles. The van der Waals surface area contributed by atoms with Crippen LogP contribution in [0.1, 0.15) is 24.8 Å². The molecule has 7 rings (SSSR count). The van der Waals surface area contributed by atoms with E-state index in [0.29, 0.717) is 26.2 Å². The predicted octanol–water partition coefficient (Wildman–Crippen LogP) is 3.72. The third-order valence-corrected chi connectivity index (χ3v) is 7.78. The molecule has 1 aromatic heterocycles. The number of fused-ring (bicyclic) bond motifs is 1. The van der Waals surface area contributed by atoms with E-state index in [4.69, 9.17) is 14.1 Å². The van der Waals surface area contributed by atoms with Crippen molar-refractivity contribution in [2.24, 2.45) is 16.8 Å². The van der Waals surface area contributed by atoms with E-state index in [1.165, 1.54) is 0 Å². The Morgan fingerprint density at radius 1 is 1.03 bits per heavy atom. The van der Waals surface area contributed by atoms with Gasteiger partial charge in [-0.25, -0.2) is 4.99 Å². The quantitative estimate of drug-likeness (QED) is 0.571. The van der Waals surface area contributed by atoms with Gasteiger partial charge in [0.2, 0.25) is 5.91 Å². The molecule has 3 fully saturated rings. The third-order valence-electron chi connectivity index (χ3n) is 7.78. The van der Waals surface area contributed by atoms with Gasteiger partial charge in [0.05, 0.1) is 12.9 Å². The minimum Gasteiger partial charge on any atom is -0.464 e. The molecule has 3 aromatic rings. The number of nitrogens with zero attached hydrogens (tertiary/aromatic N) is 3. The molecule has 35 heavy (non-hydrogen) atoms. The molecule has 4 heterocycles. The average Bonchev–Trinajstić information content (AvgIpc) is 3.30. The number of hydrogen-bond acceptors (Lipinski definition) is 5. The molecule has 0 radical (unpaired) electrons. The highest BCUT2D eigenvalue weighted by Crippen LogP contribution is 2.37. The van der Waals surface area contributed by atoms with E-state index in [1.807, 2.05) is 34.1 Å². The Kier molecular flexibility index (Phi) is 4.64. The number of amides is 2. The van der Waals surface area contributed by atoms with Gasteiger partial charge in [0.15, 0.2) is 5.54 Å². The normalized spacial score (nSPS) is 24.5. The Balaban J connectivity index is 1.14. The van der Waals surface area contributed by atoms with E-state index in [2.05, 4.69) is 24.3 Å². The lowest BCUT2D eigenvalue weighted by molar-refractivity contribution is -0.140. The van der Waals surface area contributed by atoms with Gasteiger partial charge in [-0.05, 0) is 42.2 Å². The fraction of sp³-hybridized carbons (Fsp3) is 0.393. The summed E-state index contributed by atoms with van der Waals surface area (Å²) in [6.45, 7) is 2.94. The van der Waals surface area contributed by atoms with Crippen molar-refractivity contribution in [3.63, 3.8) is 0 Å². The van der Waals surface area contributed by atoms with Crippen LogP contribution in [-0.4, -0.2) is 65.8 Å². The van der Waals surface area contributed by atoms with Crippen molar-refractivity contribution in [2.45, 2.75) is 24.8 Å². The summed E-state index contributed by atoms with van der Waals surface area (Å²) < 4.78 is 11.1. The van der Waals surface area contributed by atoms with E-state index in [1.54, 1.807) is 6.26 Å². The van der Waals surface area contributed by atoms with Crippen LogP contribution in [0.2, 0.25) is 0 Å². The maximum absolute atomic E-state index is 13.6. The van der Waals surface area contributed by atoms with Gasteiger partial charge in [0.25, 0.3) is 5.91 Å². The van der Waals surface area contributed by atoms with Crippen LogP contribution in [0.3, 0.4) is 0 Å². The highest BCUT2D eigenvalue weighted by atomic mass is 16.5. The minimum absolute atomic E-state index is 0.0338. The van der Waals surface area contributed by atoms with Gasteiger partial charge in [-0.2, -0.15) is 0 Å². The lowest BCUT2D eigenvalue weighted by atomic mass is 9.96. The molecule has 178 valence electrons. The molecule has 0 N–H and O–H groups in total. The van der Waals surface area contributed by atoms with Crippen LogP contribution in [0.4, 0.5) is 0 Å². The number of ether oxygens (including phenoxy) is 1. The summed E-state index contributed by atoms with van der Waals surface area (Å²) in [7, 11) is 0. The molecule has 7 heteroatoms. The maximum atomic E-state index is 13.6. The second-order valence-corrected chi connectivity index (χ2v) is 10.3. The fourth-order valence-electron chi connectivity index (χ4n) is 5.53. The first-order valence-corrected chi connectivity index (χ1v) is 12.5. The van der Waals surface area contributed by atoms with Crippen LogP contribution in [0.5, 0.6) is 0 Å². The number of amidine groups is 1. The zero-order chi connectivity index (χ0) is 23.6. The van der Waals surface area contributed by atoms with Gasteiger partial charge in [0.1, 0.15) is 11.4 Å². The molecule has 1 atom stereocenters. The standard InChI is InChI=1S/C28H27N3O4/c32-26(21-5-6-21)30-14-18(15-30)16-31-25(29-28(27(31)33)10-12-34-17-28)20-3-1-19(2-4-20)22-7-8-24-23(13-22)9-11-35-24/h1-4,7-9,11,13,18,21H,5-6,10,12,14-17H2. The molecule has 0 bridgehead atoms. The summed E-state index contributed by atoms with van der Waals surface area (Å²) in [6.07, 6.45) is 4.37. The minimum atomic E-state index is -0.798. The van der Waals surface area contributed by atoms with Gasteiger partial charge in [0, 0.05) is 55.4 Å². The van der Waals surface area contributed by atoms with Gasteiger partial charge in [-0.15, -0.1) is 0 Å². The number of carbonyl (C=O) groups excluding carboxylic acids is 2. The van der Waals surface area contributed by atoms with E-state index < -0.39 is 5.54 Å².